The highest BCUT2D eigenvalue weighted by atomic mass is 79.9. The Morgan fingerprint density at radius 1 is 1.00 bits per heavy atom. The molecule has 0 saturated heterocycles. The van der Waals surface area contributed by atoms with Gasteiger partial charge in [0.2, 0.25) is 0 Å². The Morgan fingerprint density at radius 3 is 2.41 bits per heavy atom. The lowest BCUT2D eigenvalue weighted by atomic mass is 10.1. The molecule has 0 aromatic heterocycles. The van der Waals surface area contributed by atoms with Gasteiger partial charge < -0.3 is 14.8 Å². The lowest BCUT2D eigenvalue weighted by Gasteiger charge is -2.15. The molecule has 0 aliphatic carbocycles. The van der Waals surface area contributed by atoms with Crippen LogP contribution in [-0.4, -0.2) is 7.11 Å². The summed E-state index contributed by atoms with van der Waals surface area (Å²) < 4.78 is 25.2. The molecule has 0 aliphatic heterocycles. The molecule has 3 nitrogen and oxygen atoms in total. The Balaban J connectivity index is 0.00000300. The molecule has 0 saturated carbocycles. The van der Waals surface area contributed by atoms with E-state index in [1.54, 1.807) is 19.2 Å². The number of halogens is 4. The second kappa shape index (κ2) is 11.4. The minimum absolute atomic E-state index is 0. The van der Waals surface area contributed by atoms with Crippen LogP contribution < -0.4 is 14.8 Å². The van der Waals surface area contributed by atoms with E-state index in [0.29, 0.717) is 31.2 Å². The second-order valence-electron chi connectivity index (χ2n) is 6.22. The van der Waals surface area contributed by atoms with Crippen molar-refractivity contribution in [2.45, 2.75) is 19.7 Å². The maximum Gasteiger partial charge on any atom is 0.175 e. The molecular weight excluding hydrogens is 480 g/mol. The van der Waals surface area contributed by atoms with Crippen molar-refractivity contribution >= 4 is 39.9 Å². The number of nitrogens with one attached hydrogen (secondary N) is 1. The van der Waals surface area contributed by atoms with Crippen molar-refractivity contribution in [3.05, 3.63) is 92.7 Å². The van der Waals surface area contributed by atoms with Crippen molar-refractivity contribution < 1.29 is 13.9 Å². The van der Waals surface area contributed by atoms with Crippen LogP contribution in [0.2, 0.25) is 5.02 Å². The van der Waals surface area contributed by atoms with Gasteiger partial charge in [0.05, 0.1) is 11.6 Å². The first-order valence-corrected chi connectivity index (χ1v) is 9.91. The lowest BCUT2D eigenvalue weighted by Crippen LogP contribution is -2.13. The monoisotopic (exact) mass is 499 g/mol. The van der Waals surface area contributed by atoms with E-state index in [1.807, 2.05) is 36.4 Å². The summed E-state index contributed by atoms with van der Waals surface area (Å²) in [6.45, 7) is 1.64. The van der Waals surface area contributed by atoms with Gasteiger partial charge in [0.25, 0.3) is 0 Å². The van der Waals surface area contributed by atoms with Crippen molar-refractivity contribution in [2.75, 3.05) is 7.11 Å². The molecule has 3 aromatic rings. The van der Waals surface area contributed by atoms with Crippen LogP contribution in [-0.2, 0) is 19.7 Å². The predicted molar refractivity (Wildman–Crippen MR) is 121 cm³/mol. The van der Waals surface area contributed by atoms with Crippen LogP contribution in [0.15, 0.2) is 65.1 Å². The van der Waals surface area contributed by atoms with Gasteiger partial charge in [-0.25, -0.2) is 4.39 Å². The molecule has 0 amide bonds. The van der Waals surface area contributed by atoms with Crippen LogP contribution in [0.5, 0.6) is 11.5 Å². The Kier molecular flexibility index (Phi) is 9.24. The number of benzene rings is 3. The van der Waals surface area contributed by atoms with Crippen molar-refractivity contribution in [2.24, 2.45) is 0 Å². The summed E-state index contributed by atoms with van der Waals surface area (Å²) in [5.41, 5.74) is 2.97. The summed E-state index contributed by atoms with van der Waals surface area (Å²) in [6, 6.07) is 17.9. The summed E-state index contributed by atoms with van der Waals surface area (Å²) in [5.74, 6) is 0.976. The molecule has 0 radical (unpaired) electrons. The van der Waals surface area contributed by atoms with E-state index in [2.05, 4.69) is 21.2 Å². The summed E-state index contributed by atoms with van der Waals surface area (Å²) in [7, 11) is 1.60. The van der Waals surface area contributed by atoms with Gasteiger partial charge in [0.1, 0.15) is 12.4 Å². The quantitative estimate of drug-likeness (QED) is 0.380. The van der Waals surface area contributed by atoms with Gasteiger partial charge in [0, 0.05) is 18.1 Å². The first kappa shape index (κ1) is 23.5. The van der Waals surface area contributed by atoms with E-state index < -0.39 is 0 Å². The van der Waals surface area contributed by atoms with Crippen LogP contribution >= 0.6 is 39.9 Å². The van der Waals surface area contributed by atoms with E-state index in [0.717, 1.165) is 26.2 Å². The van der Waals surface area contributed by atoms with Crippen LogP contribution in [0, 0.1) is 5.82 Å². The Bertz CT molecular complexity index is 939. The first-order chi connectivity index (χ1) is 13.6. The molecule has 7 heteroatoms. The zero-order valence-corrected chi connectivity index (χ0v) is 18.9. The molecule has 0 unspecified atom stereocenters. The number of methoxy groups -OCH3 is 1. The molecule has 3 rings (SSSR count). The standard InChI is InChI=1S/C22H20BrClFNO2.ClH/c1-27-21-11-16(12-26-13-17-4-2-3-5-20(17)24)10-19(23)22(21)28-14-15-6-8-18(25)9-7-15;/h2-11,26H,12-14H2,1H3;1H. The van der Waals surface area contributed by atoms with E-state index in [-0.39, 0.29) is 18.2 Å². The van der Waals surface area contributed by atoms with E-state index >= 15 is 0 Å². The smallest absolute Gasteiger partial charge is 0.175 e. The average Bonchev–Trinajstić information content (AvgIpc) is 2.69. The fourth-order valence-electron chi connectivity index (χ4n) is 2.73. The van der Waals surface area contributed by atoms with Gasteiger partial charge >= 0.3 is 0 Å². The molecular formula is C22H21BrCl2FNO2. The molecule has 0 aliphatic rings. The molecule has 154 valence electrons. The molecule has 1 N–H and O–H groups in total. The third-order valence-electron chi connectivity index (χ3n) is 4.19. The molecule has 0 heterocycles. The maximum absolute atomic E-state index is 13.0. The van der Waals surface area contributed by atoms with Crippen LogP contribution in [0.1, 0.15) is 16.7 Å². The highest BCUT2D eigenvalue weighted by Gasteiger charge is 2.12. The van der Waals surface area contributed by atoms with Gasteiger partial charge in [-0.1, -0.05) is 41.9 Å². The minimum atomic E-state index is -0.267. The Labute approximate surface area is 189 Å². The predicted octanol–water partition coefficient (Wildman–Crippen LogP) is 6.54. The average molecular weight is 501 g/mol. The molecule has 0 bridgehead atoms. The van der Waals surface area contributed by atoms with Crippen LogP contribution in [0.3, 0.4) is 0 Å². The van der Waals surface area contributed by atoms with Crippen molar-refractivity contribution in [1.82, 2.24) is 5.32 Å². The summed E-state index contributed by atoms with van der Waals surface area (Å²) in [4.78, 5) is 0. The largest absolute Gasteiger partial charge is 0.493 e. The van der Waals surface area contributed by atoms with Crippen molar-refractivity contribution in [3.8, 4) is 11.5 Å². The third kappa shape index (κ3) is 6.61. The SMILES string of the molecule is COc1cc(CNCc2ccccc2Cl)cc(Br)c1OCc1ccc(F)cc1.Cl. The van der Waals surface area contributed by atoms with Gasteiger partial charge in [-0.3, -0.25) is 0 Å². The van der Waals surface area contributed by atoms with Gasteiger partial charge in [0.15, 0.2) is 11.5 Å². The molecule has 3 aromatic carbocycles. The molecule has 0 atom stereocenters. The lowest BCUT2D eigenvalue weighted by molar-refractivity contribution is 0.282. The summed E-state index contributed by atoms with van der Waals surface area (Å²) in [6.07, 6.45) is 0. The van der Waals surface area contributed by atoms with Crippen molar-refractivity contribution in [1.29, 1.82) is 0 Å². The number of hydrogen-bond acceptors (Lipinski definition) is 3. The third-order valence-corrected chi connectivity index (χ3v) is 5.15. The Hall–Kier alpha value is -1.79. The van der Waals surface area contributed by atoms with Gasteiger partial charge in [-0.15, -0.1) is 12.4 Å². The Morgan fingerprint density at radius 2 is 1.72 bits per heavy atom. The zero-order valence-electron chi connectivity index (χ0n) is 15.8. The fraction of sp³-hybridized carbons (Fsp3) is 0.182. The van der Waals surface area contributed by atoms with E-state index in [4.69, 9.17) is 21.1 Å². The first-order valence-electron chi connectivity index (χ1n) is 8.74. The number of rotatable bonds is 8. The number of ether oxygens (including phenoxy) is 2. The molecule has 0 spiro atoms. The highest BCUT2D eigenvalue weighted by molar-refractivity contribution is 9.10. The van der Waals surface area contributed by atoms with E-state index in [1.165, 1.54) is 12.1 Å². The van der Waals surface area contributed by atoms with Crippen LogP contribution in [0.25, 0.3) is 0 Å². The van der Waals surface area contributed by atoms with Gasteiger partial charge in [-0.05, 0) is 63.0 Å². The van der Waals surface area contributed by atoms with Crippen LogP contribution in [0.4, 0.5) is 4.39 Å². The summed E-state index contributed by atoms with van der Waals surface area (Å²) >= 11 is 9.75. The normalized spacial score (nSPS) is 10.3. The fourth-order valence-corrected chi connectivity index (χ4v) is 3.54. The van der Waals surface area contributed by atoms with Crippen molar-refractivity contribution in [3.63, 3.8) is 0 Å². The maximum atomic E-state index is 13.0. The molecule has 29 heavy (non-hydrogen) atoms. The molecule has 0 fully saturated rings. The number of hydrogen-bond donors (Lipinski definition) is 1. The van der Waals surface area contributed by atoms with E-state index in [9.17, 15) is 4.39 Å². The zero-order chi connectivity index (χ0) is 19.9. The minimum Gasteiger partial charge on any atom is -0.493 e. The second-order valence-corrected chi connectivity index (χ2v) is 7.48. The van der Waals surface area contributed by atoms with Gasteiger partial charge in [-0.2, -0.15) is 0 Å². The highest BCUT2D eigenvalue weighted by Crippen LogP contribution is 2.37. The summed E-state index contributed by atoms with van der Waals surface area (Å²) in [5, 5.41) is 4.13. The topological polar surface area (TPSA) is 30.5 Å².